The summed E-state index contributed by atoms with van der Waals surface area (Å²) in [6.07, 6.45) is -6.28. The van der Waals surface area contributed by atoms with E-state index in [0.717, 1.165) is 0 Å². The van der Waals surface area contributed by atoms with E-state index in [-0.39, 0.29) is 11.5 Å². The summed E-state index contributed by atoms with van der Waals surface area (Å²) >= 11 is 0. The van der Waals surface area contributed by atoms with Crippen LogP contribution in [0.5, 0.6) is 0 Å². The number of rotatable bonds is 5. The number of benzene rings is 1. The van der Waals surface area contributed by atoms with Gasteiger partial charge in [0.25, 0.3) is 0 Å². The molecule has 148 valence electrons. The van der Waals surface area contributed by atoms with Crippen LogP contribution in [-0.2, 0) is 20.9 Å². The smallest absolute Gasteiger partial charge is 0.420 e. The molecule has 2 amide bonds. The molecule has 2 atom stereocenters. The van der Waals surface area contributed by atoms with Crippen molar-refractivity contribution in [1.82, 2.24) is 4.90 Å². The van der Waals surface area contributed by atoms with Gasteiger partial charge in [-0.2, -0.15) is 4.90 Å². The lowest BCUT2D eigenvalue weighted by Crippen LogP contribution is -2.54. The normalized spacial score (nSPS) is 21.5. The Labute approximate surface area is 154 Å². The minimum absolute atomic E-state index is 0.167. The number of nitrogens with zero attached hydrogens (tertiary/aromatic N) is 1. The van der Waals surface area contributed by atoms with Crippen LogP contribution in [-0.4, -0.2) is 45.7 Å². The lowest BCUT2D eigenvalue weighted by Gasteiger charge is -2.30. The molecule has 1 saturated carbocycles. The second-order valence-electron chi connectivity index (χ2n) is 7.23. The molecule has 27 heavy (non-hydrogen) atoms. The number of carboxylic acid groups (broad SMARTS) is 1. The quantitative estimate of drug-likeness (QED) is 0.831. The number of carbonyl (C=O) groups is 3. The van der Waals surface area contributed by atoms with E-state index in [0.29, 0.717) is 5.56 Å². The largest absolute Gasteiger partial charge is 0.479 e. The van der Waals surface area contributed by atoms with E-state index in [1.165, 1.54) is 20.8 Å². The molecule has 1 fully saturated rings. The highest BCUT2D eigenvalue weighted by atomic mass is 19.3. The van der Waals surface area contributed by atoms with Crippen molar-refractivity contribution in [2.45, 2.75) is 51.4 Å². The van der Waals surface area contributed by atoms with Crippen molar-refractivity contribution in [1.29, 1.82) is 0 Å². The molecule has 0 saturated heterocycles. The summed E-state index contributed by atoms with van der Waals surface area (Å²) in [5.41, 5.74) is -2.87. The van der Waals surface area contributed by atoms with Gasteiger partial charge in [-0.05, 0) is 32.8 Å². The van der Waals surface area contributed by atoms with Gasteiger partial charge in [0.2, 0.25) is 6.43 Å². The van der Waals surface area contributed by atoms with Crippen molar-refractivity contribution < 1.29 is 37.7 Å². The fraction of sp³-hybridized carbons (Fsp3) is 0.500. The van der Waals surface area contributed by atoms with E-state index in [1.807, 2.05) is 0 Å². The Kier molecular flexibility index (Phi) is 5.72. The van der Waals surface area contributed by atoms with Gasteiger partial charge in [0, 0.05) is 0 Å². The predicted octanol–water partition coefficient (Wildman–Crippen LogP) is 3.67. The summed E-state index contributed by atoms with van der Waals surface area (Å²) < 4.78 is 36.4. The fourth-order valence-electron chi connectivity index (χ4n) is 2.66. The highest BCUT2D eigenvalue weighted by molar-refractivity contribution is 5.98. The van der Waals surface area contributed by atoms with E-state index in [4.69, 9.17) is 9.47 Å². The summed E-state index contributed by atoms with van der Waals surface area (Å²) in [5, 5.41) is 9.48. The first-order valence-corrected chi connectivity index (χ1v) is 8.24. The van der Waals surface area contributed by atoms with Crippen LogP contribution >= 0.6 is 0 Å². The molecule has 7 nitrogen and oxygen atoms in total. The number of hydrogen-bond acceptors (Lipinski definition) is 5. The van der Waals surface area contributed by atoms with Crippen LogP contribution in [0.3, 0.4) is 0 Å². The molecule has 2 rings (SSSR count). The Bertz CT molecular complexity index is 718. The zero-order chi connectivity index (χ0) is 20.4. The Morgan fingerprint density at radius 1 is 1.22 bits per heavy atom. The number of carboxylic acids is 1. The molecular weight excluding hydrogens is 364 g/mol. The number of amides is 2. The summed E-state index contributed by atoms with van der Waals surface area (Å²) in [6, 6.07) is 8.44. The molecule has 0 radical (unpaired) electrons. The number of imide groups is 1. The predicted molar refractivity (Wildman–Crippen MR) is 89.2 cm³/mol. The zero-order valence-electron chi connectivity index (χ0n) is 15.1. The minimum atomic E-state index is -3.02. The Morgan fingerprint density at radius 2 is 1.81 bits per heavy atom. The average molecular weight is 385 g/mol. The second kappa shape index (κ2) is 7.50. The summed E-state index contributed by atoms with van der Waals surface area (Å²) in [6.45, 7) is 4.25. The van der Waals surface area contributed by atoms with Gasteiger partial charge in [-0.3, -0.25) is 0 Å². The number of carbonyl (C=O) groups excluding carboxylic acids is 2. The first-order valence-electron chi connectivity index (χ1n) is 8.24. The van der Waals surface area contributed by atoms with Crippen LogP contribution in [0.4, 0.5) is 18.4 Å². The number of ether oxygens (including phenoxy) is 2. The lowest BCUT2D eigenvalue weighted by molar-refractivity contribution is -0.146. The van der Waals surface area contributed by atoms with Gasteiger partial charge < -0.3 is 14.6 Å². The number of alkyl halides is 2. The third-order valence-corrected chi connectivity index (χ3v) is 4.02. The zero-order valence-corrected chi connectivity index (χ0v) is 15.1. The molecule has 1 aromatic rings. The van der Waals surface area contributed by atoms with Crippen LogP contribution in [0, 0.1) is 5.92 Å². The van der Waals surface area contributed by atoms with Gasteiger partial charge in [0.05, 0.1) is 5.92 Å². The average Bonchev–Trinajstić information content (AvgIpc) is 3.29. The number of hydrogen-bond donors (Lipinski definition) is 1. The molecule has 9 heteroatoms. The highest BCUT2D eigenvalue weighted by Crippen LogP contribution is 2.53. The third kappa shape index (κ3) is 4.53. The van der Waals surface area contributed by atoms with Crippen molar-refractivity contribution in [2.75, 3.05) is 0 Å². The van der Waals surface area contributed by atoms with Gasteiger partial charge in [-0.1, -0.05) is 30.3 Å². The molecule has 0 aliphatic heterocycles. The number of halogens is 2. The monoisotopic (exact) mass is 385 g/mol. The van der Waals surface area contributed by atoms with Crippen LogP contribution < -0.4 is 0 Å². The molecule has 1 N–H and O–H groups in total. The van der Waals surface area contributed by atoms with Crippen molar-refractivity contribution in [2.24, 2.45) is 5.92 Å². The van der Waals surface area contributed by atoms with E-state index >= 15 is 0 Å². The maximum atomic E-state index is 13.2. The molecule has 2 unspecified atom stereocenters. The molecule has 1 aliphatic carbocycles. The Morgan fingerprint density at radius 3 is 2.26 bits per heavy atom. The third-order valence-electron chi connectivity index (χ3n) is 4.02. The summed E-state index contributed by atoms with van der Waals surface area (Å²) in [4.78, 5) is 36.8. The van der Waals surface area contributed by atoms with Crippen LogP contribution in [0.2, 0.25) is 0 Å². The van der Waals surface area contributed by atoms with Crippen LogP contribution in [0.15, 0.2) is 30.3 Å². The molecule has 0 heterocycles. The van der Waals surface area contributed by atoms with Gasteiger partial charge >= 0.3 is 18.2 Å². The van der Waals surface area contributed by atoms with E-state index < -0.39 is 48.1 Å². The van der Waals surface area contributed by atoms with Crippen molar-refractivity contribution in [3.8, 4) is 0 Å². The Balaban J connectivity index is 2.28. The maximum Gasteiger partial charge on any atom is 0.420 e. The summed E-state index contributed by atoms with van der Waals surface area (Å²) in [5.74, 6) is -3.40. The number of aliphatic carboxylic acids is 1. The van der Waals surface area contributed by atoms with Crippen LogP contribution in [0.1, 0.15) is 32.8 Å². The molecule has 0 spiro atoms. The Hall–Kier alpha value is -2.71. The molecular formula is C18H21F2NO6. The maximum absolute atomic E-state index is 13.2. The van der Waals surface area contributed by atoms with Crippen molar-refractivity contribution in [3.63, 3.8) is 0 Å². The highest BCUT2D eigenvalue weighted by Gasteiger charge is 2.72. The topological polar surface area (TPSA) is 93.1 Å². The first-order chi connectivity index (χ1) is 12.5. The van der Waals surface area contributed by atoms with Crippen LogP contribution in [0.25, 0.3) is 0 Å². The van der Waals surface area contributed by atoms with Gasteiger partial charge in [0.1, 0.15) is 12.2 Å². The standard InChI is InChI=1S/C18H21F2NO6/c1-17(2,3)27-16(25)21(18(14(22)23)9-12(18)13(19)20)15(24)26-10-11-7-5-4-6-8-11/h4-8,12-13H,9-10H2,1-3H3,(H,22,23). The van der Waals surface area contributed by atoms with E-state index in [1.54, 1.807) is 30.3 Å². The fourth-order valence-corrected chi connectivity index (χ4v) is 2.66. The van der Waals surface area contributed by atoms with Gasteiger partial charge in [-0.25, -0.2) is 23.2 Å². The molecule has 1 aliphatic rings. The summed E-state index contributed by atoms with van der Waals surface area (Å²) in [7, 11) is 0. The van der Waals surface area contributed by atoms with E-state index in [9.17, 15) is 28.3 Å². The van der Waals surface area contributed by atoms with Crippen molar-refractivity contribution in [3.05, 3.63) is 35.9 Å². The first kappa shape index (κ1) is 20.6. The molecule has 1 aromatic carbocycles. The molecule has 0 bridgehead atoms. The molecule has 0 aromatic heterocycles. The van der Waals surface area contributed by atoms with E-state index in [2.05, 4.69) is 0 Å². The second-order valence-corrected chi connectivity index (χ2v) is 7.23. The van der Waals surface area contributed by atoms with Gasteiger partial charge in [0.15, 0.2) is 5.54 Å². The SMILES string of the molecule is CC(C)(C)OC(=O)N(C(=O)OCc1ccccc1)C1(C(=O)O)CC1C(F)F. The van der Waals surface area contributed by atoms with Crippen molar-refractivity contribution >= 4 is 18.2 Å². The van der Waals surface area contributed by atoms with Gasteiger partial charge in [-0.15, -0.1) is 0 Å². The minimum Gasteiger partial charge on any atom is -0.479 e. The lowest BCUT2D eigenvalue weighted by atomic mass is 10.1.